The van der Waals surface area contributed by atoms with Crippen molar-refractivity contribution in [1.82, 2.24) is 9.21 Å². The summed E-state index contributed by atoms with van der Waals surface area (Å²) in [5, 5.41) is 0. The Bertz CT molecular complexity index is 761. The van der Waals surface area contributed by atoms with Gasteiger partial charge in [-0.25, -0.2) is 8.42 Å². The zero-order valence-electron chi connectivity index (χ0n) is 15.3. The Balaban J connectivity index is 1.59. The Morgan fingerprint density at radius 2 is 1.58 bits per heavy atom. The molecule has 1 aliphatic heterocycles. The number of carbonyl (C=O) groups excluding carboxylic acids is 1. The predicted octanol–water partition coefficient (Wildman–Crippen LogP) is 3.41. The average Bonchev–Trinajstić information content (AvgIpc) is 3.36. The highest BCUT2D eigenvalue weighted by Crippen LogP contribution is 2.35. The zero-order chi connectivity index (χ0) is 18.1. The fraction of sp³-hybridized carbons (Fsp3) is 0.650. The minimum Gasteiger partial charge on any atom is -0.333 e. The van der Waals surface area contributed by atoms with Gasteiger partial charge in [0.2, 0.25) is 10.0 Å². The summed E-state index contributed by atoms with van der Waals surface area (Å²) in [4.78, 5) is 15.5. The molecule has 0 atom stereocenters. The van der Waals surface area contributed by atoms with Crippen molar-refractivity contribution in [2.24, 2.45) is 0 Å². The summed E-state index contributed by atoms with van der Waals surface area (Å²) in [6, 6.07) is 7.38. The van der Waals surface area contributed by atoms with E-state index in [0.29, 0.717) is 30.7 Å². The van der Waals surface area contributed by atoms with Gasteiger partial charge in [0, 0.05) is 30.7 Å². The van der Waals surface area contributed by atoms with Gasteiger partial charge in [-0.2, -0.15) is 4.31 Å². The van der Waals surface area contributed by atoms with Crippen molar-refractivity contribution in [3.8, 4) is 0 Å². The molecule has 1 amide bonds. The first-order valence-corrected chi connectivity index (χ1v) is 11.4. The van der Waals surface area contributed by atoms with Crippen LogP contribution in [0.1, 0.15) is 68.1 Å². The molecule has 0 unspecified atom stereocenters. The van der Waals surface area contributed by atoms with Crippen LogP contribution in [0.4, 0.5) is 0 Å². The molecule has 3 aliphatic rings. The van der Waals surface area contributed by atoms with Crippen molar-refractivity contribution in [3.05, 3.63) is 29.8 Å². The predicted molar refractivity (Wildman–Crippen MR) is 100 cm³/mol. The Hall–Kier alpha value is -1.40. The minimum absolute atomic E-state index is 0.00935. The molecule has 0 bridgehead atoms. The van der Waals surface area contributed by atoms with Gasteiger partial charge >= 0.3 is 0 Å². The van der Waals surface area contributed by atoms with Gasteiger partial charge in [0.05, 0.1) is 4.90 Å². The van der Waals surface area contributed by atoms with Gasteiger partial charge in [-0.15, -0.1) is 0 Å². The van der Waals surface area contributed by atoms with Crippen LogP contribution in [0.2, 0.25) is 0 Å². The number of carbonyl (C=O) groups is 1. The monoisotopic (exact) mass is 376 g/mol. The van der Waals surface area contributed by atoms with E-state index in [1.807, 2.05) is 0 Å². The SMILES string of the molecule is O=C(c1cccc(S(=O)(=O)N2CCCCC2)c1)N(C1CCCC1)C1CC1. The lowest BCUT2D eigenvalue weighted by Crippen LogP contribution is -2.40. The molecule has 1 aromatic rings. The number of nitrogens with zero attached hydrogens (tertiary/aromatic N) is 2. The van der Waals surface area contributed by atoms with Crippen LogP contribution in [0.5, 0.6) is 0 Å². The van der Waals surface area contributed by atoms with E-state index in [1.165, 1.54) is 12.8 Å². The highest BCUT2D eigenvalue weighted by molar-refractivity contribution is 7.89. The Kier molecular flexibility index (Phi) is 5.06. The molecular formula is C20H28N2O3S. The Morgan fingerprint density at radius 3 is 2.23 bits per heavy atom. The second-order valence-electron chi connectivity index (χ2n) is 7.87. The first-order valence-electron chi connectivity index (χ1n) is 10.0. The van der Waals surface area contributed by atoms with Crippen molar-refractivity contribution in [2.45, 2.75) is 74.8 Å². The molecule has 0 N–H and O–H groups in total. The molecule has 3 fully saturated rings. The van der Waals surface area contributed by atoms with Gasteiger partial charge in [-0.3, -0.25) is 4.79 Å². The first-order chi connectivity index (χ1) is 12.6. The molecule has 0 aromatic heterocycles. The van der Waals surface area contributed by atoms with Crippen LogP contribution >= 0.6 is 0 Å². The van der Waals surface area contributed by atoms with E-state index in [-0.39, 0.29) is 10.8 Å². The van der Waals surface area contributed by atoms with E-state index in [4.69, 9.17) is 0 Å². The Morgan fingerprint density at radius 1 is 0.923 bits per heavy atom. The summed E-state index contributed by atoms with van der Waals surface area (Å²) in [5.41, 5.74) is 0.516. The lowest BCUT2D eigenvalue weighted by molar-refractivity contribution is 0.0664. The third kappa shape index (κ3) is 3.54. The van der Waals surface area contributed by atoms with Gasteiger partial charge in [-0.05, 0) is 56.7 Å². The van der Waals surface area contributed by atoms with Crippen LogP contribution in [0, 0.1) is 0 Å². The summed E-state index contributed by atoms with van der Waals surface area (Å²) >= 11 is 0. The van der Waals surface area contributed by atoms with Gasteiger partial charge in [0.25, 0.3) is 5.91 Å². The van der Waals surface area contributed by atoms with Gasteiger partial charge in [0.1, 0.15) is 0 Å². The van der Waals surface area contributed by atoms with Crippen LogP contribution in [0.25, 0.3) is 0 Å². The molecule has 26 heavy (non-hydrogen) atoms. The molecule has 142 valence electrons. The molecule has 1 saturated heterocycles. The third-order valence-corrected chi connectivity index (χ3v) is 7.82. The number of rotatable bonds is 5. The minimum atomic E-state index is -3.50. The molecule has 1 aromatic carbocycles. The summed E-state index contributed by atoms with van der Waals surface area (Å²) in [6.07, 6.45) is 9.59. The van der Waals surface area contributed by atoms with Crippen LogP contribution < -0.4 is 0 Å². The van der Waals surface area contributed by atoms with Gasteiger partial charge in [0.15, 0.2) is 0 Å². The summed E-state index contributed by atoms with van der Waals surface area (Å²) < 4.78 is 27.4. The maximum Gasteiger partial charge on any atom is 0.254 e. The van der Waals surface area contributed by atoms with E-state index >= 15 is 0 Å². The second-order valence-corrected chi connectivity index (χ2v) is 9.81. The quantitative estimate of drug-likeness (QED) is 0.791. The van der Waals surface area contributed by atoms with E-state index in [1.54, 1.807) is 28.6 Å². The van der Waals surface area contributed by atoms with Crippen LogP contribution in [0.3, 0.4) is 0 Å². The summed E-state index contributed by atoms with van der Waals surface area (Å²) in [7, 11) is -3.50. The number of hydrogen-bond acceptors (Lipinski definition) is 3. The normalized spacial score (nSPS) is 22.5. The van der Waals surface area contributed by atoms with E-state index < -0.39 is 10.0 Å². The third-order valence-electron chi connectivity index (χ3n) is 5.93. The fourth-order valence-corrected chi connectivity index (χ4v) is 5.92. The average molecular weight is 377 g/mol. The second kappa shape index (κ2) is 7.31. The van der Waals surface area contributed by atoms with E-state index in [9.17, 15) is 13.2 Å². The standard InChI is InChI=1S/C20H28N2O3S/c23-20(22(18-11-12-18)17-8-2-3-9-17)16-7-6-10-19(15-16)26(24,25)21-13-4-1-5-14-21/h6-7,10,15,17-18H,1-5,8-9,11-14H2. The van der Waals surface area contributed by atoms with Crippen molar-refractivity contribution in [2.75, 3.05) is 13.1 Å². The van der Waals surface area contributed by atoms with E-state index in [2.05, 4.69) is 4.90 Å². The van der Waals surface area contributed by atoms with Crippen LogP contribution in [-0.2, 0) is 10.0 Å². The maximum atomic E-state index is 13.2. The summed E-state index contributed by atoms with van der Waals surface area (Å²) in [5.74, 6) is 0.00935. The Labute approximate surface area is 156 Å². The molecule has 2 aliphatic carbocycles. The smallest absolute Gasteiger partial charge is 0.254 e. The van der Waals surface area contributed by atoms with Crippen molar-refractivity contribution >= 4 is 15.9 Å². The molecular weight excluding hydrogens is 348 g/mol. The lowest BCUT2D eigenvalue weighted by atomic mass is 10.1. The summed E-state index contributed by atoms with van der Waals surface area (Å²) in [6.45, 7) is 1.16. The largest absolute Gasteiger partial charge is 0.333 e. The van der Waals surface area contributed by atoms with Crippen LogP contribution in [-0.4, -0.2) is 48.7 Å². The fourth-order valence-electron chi connectivity index (χ4n) is 4.36. The number of hydrogen-bond donors (Lipinski definition) is 0. The number of piperidine rings is 1. The molecule has 1 heterocycles. The molecule has 6 heteroatoms. The number of amides is 1. The van der Waals surface area contributed by atoms with Crippen molar-refractivity contribution < 1.29 is 13.2 Å². The van der Waals surface area contributed by atoms with Crippen molar-refractivity contribution in [3.63, 3.8) is 0 Å². The highest BCUT2D eigenvalue weighted by Gasteiger charge is 2.39. The van der Waals surface area contributed by atoms with Crippen LogP contribution in [0.15, 0.2) is 29.2 Å². The van der Waals surface area contributed by atoms with E-state index in [0.717, 1.165) is 44.9 Å². The lowest BCUT2D eigenvalue weighted by Gasteiger charge is -2.29. The zero-order valence-corrected chi connectivity index (χ0v) is 16.1. The van der Waals surface area contributed by atoms with Gasteiger partial charge in [-0.1, -0.05) is 25.3 Å². The molecule has 0 spiro atoms. The molecule has 5 nitrogen and oxygen atoms in total. The number of sulfonamides is 1. The molecule has 2 saturated carbocycles. The molecule has 4 rings (SSSR count). The highest BCUT2D eigenvalue weighted by atomic mass is 32.2. The first kappa shape index (κ1) is 18.0. The van der Waals surface area contributed by atoms with Gasteiger partial charge < -0.3 is 4.90 Å². The topological polar surface area (TPSA) is 57.7 Å². The van der Waals surface area contributed by atoms with Crippen molar-refractivity contribution in [1.29, 1.82) is 0 Å². The number of benzene rings is 1. The molecule has 0 radical (unpaired) electrons. The maximum absolute atomic E-state index is 13.2.